The molecule has 3 N–H and O–H groups in total. The lowest BCUT2D eigenvalue weighted by Crippen LogP contribution is -2.27. The fraction of sp³-hybridized carbons (Fsp3) is 0.143. The Hall–Kier alpha value is -3.74. The van der Waals surface area contributed by atoms with Crippen LogP contribution >= 0.6 is 0 Å². The van der Waals surface area contributed by atoms with Gasteiger partial charge in [0.15, 0.2) is 0 Å². The second-order valence-corrected chi connectivity index (χ2v) is 6.31. The van der Waals surface area contributed by atoms with Gasteiger partial charge in [-0.05, 0) is 43.7 Å². The Bertz CT molecular complexity index is 941. The van der Waals surface area contributed by atoms with Crippen LogP contribution in [0.5, 0.6) is 0 Å². The van der Waals surface area contributed by atoms with Crippen LogP contribution in [0.4, 0.5) is 16.2 Å². The van der Waals surface area contributed by atoms with Gasteiger partial charge in [-0.25, -0.2) is 9.78 Å². The van der Waals surface area contributed by atoms with E-state index in [9.17, 15) is 9.59 Å². The predicted octanol–water partition coefficient (Wildman–Crippen LogP) is 3.92. The van der Waals surface area contributed by atoms with Gasteiger partial charge >= 0.3 is 6.03 Å². The first kappa shape index (κ1) is 19.0. The predicted molar refractivity (Wildman–Crippen MR) is 108 cm³/mol. The van der Waals surface area contributed by atoms with E-state index in [4.69, 9.17) is 0 Å². The molecule has 7 heteroatoms. The van der Waals surface area contributed by atoms with Crippen LogP contribution in [-0.4, -0.2) is 21.9 Å². The highest BCUT2D eigenvalue weighted by molar-refractivity contribution is 5.99. The number of para-hydroxylation sites is 1. The van der Waals surface area contributed by atoms with E-state index in [2.05, 4.69) is 25.9 Å². The Balaban J connectivity index is 1.56. The first-order valence-electron chi connectivity index (χ1n) is 8.84. The number of anilines is 2. The molecule has 1 aromatic heterocycles. The first-order valence-corrected chi connectivity index (χ1v) is 8.84. The van der Waals surface area contributed by atoms with Crippen LogP contribution in [0.1, 0.15) is 34.7 Å². The van der Waals surface area contributed by atoms with Crippen LogP contribution in [0, 0.1) is 6.92 Å². The van der Waals surface area contributed by atoms with Crippen LogP contribution in [0.25, 0.3) is 0 Å². The van der Waals surface area contributed by atoms with Crippen molar-refractivity contribution in [2.45, 2.75) is 19.9 Å². The molecule has 1 atom stereocenters. The van der Waals surface area contributed by atoms with E-state index in [1.54, 1.807) is 18.3 Å². The summed E-state index contributed by atoms with van der Waals surface area (Å²) >= 11 is 0. The third-order valence-corrected chi connectivity index (χ3v) is 4.06. The number of hydrogen-bond acceptors (Lipinski definition) is 4. The summed E-state index contributed by atoms with van der Waals surface area (Å²) in [6.45, 7) is 3.69. The van der Waals surface area contributed by atoms with Crippen LogP contribution in [0.2, 0.25) is 0 Å². The average molecular weight is 375 g/mol. The second kappa shape index (κ2) is 8.77. The molecule has 0 fully saturated rings. The smallest absolute Gasteiger partial charge is 0.323 e. The topological polar surface area (TPSA) is 96.0 Å². The molecule has 28 heavy (non-hydrogen) atoms. The highest BCUT2D eigenvalue weighted by Gasteiger charge is 2.13. The third kappa shape index (κ3) is 5.14. The maximum atomic E-state index is 12.2. The molecule has 0 aliphatic rings. The number of rotatable bonds is 5. The van der Waals surface area contributed by atoms with Crippen LogP contribution in [0.3, 0.4) is 0 Å². The van der Waals surface area contributed by atoms with Crippen molar-refractivity contribution in [2.24, 2.45) is 0 Å². The number of hydrogen-bond donors (Lipinski definition) is 3. The third-order valence-electron chi connectivity index (χ3n) is 4.06. The number of benzene rings is 2. The summed E-state index contributed by atoms with van der Waals surface area (Å²) in [5.74, 6) is -0.288. The van der Waals surface area contributed by atoms with Crippen molar-refractivity contribution in [1.82, 2.24) is 15.3 Å². The van der Waals surface area contributed by atoms with Crippen molar-refractivity contribution >= 4 is 23.3 Å². The molecule has 0 saturated carbocycles. The van der Waals surface area contributed by atoms with E-state index in [1.807, 2.05) is 56.3 Å². The van der Waals surface area contributed by atoms with Crippen molar-refractivity contribution in [3.8, 4) is 0 Å². The molecule has 3 amide bonds. The first-order chi connectivity index (χ1) is 13.5. The molecular weight excluding hydrogens is 354 g/mol. The molecule has 0 spiro atoms. The Labute approximate surface area is 163 Å². The fourth-order valence-electron chi connectivity index (χ4n) is 2.53. The molecular formula is C21H21N5O2. The monoisotopic (exact) mass is 375 g/mol. The van der Waals surface area contributed by atoms with E-state index < -0.39 is 0 Å². The number of aryl methyl sites for hydroxylation is 1. The molecule has 0 aliphatic carbocycles. The van der Waals surface area contributed by atoms with Gasteiger partial charge in [0.2, 0.25) is 0 Å². The number of urea groups is 1. The summed E-state index contributed by atoms with van der Waals surface area (Å²) in [7, 11) is 0. The Morgan fingerprint density at radius 3 is 2.11 bits per heavy atom. The summed E-state index contributed by atoms with van der Waals surface area (Å²) in [4.78, 5) is 32.4. The van der Waals surface area contributed by atoms with Gasteiger partial charge in [-0.1, -0.05) is 30.3 Å². The molecule has 3 aromatic rings. The molecule has 7 nitrogen and oxygen atoms in total. The number of carbonyl (C=O) groups is 2. The Morgan fingerprint density at radius 2 is 1.50 bits per heavy atom. The van der Waals surface area contributed by atoms with Gasteiger partial charge in [0.1, 0.15) is 5.69 Å². The summed E-state index contributed by atoms with van der Waals surface area (Å²) < 4.78 is 0. The Morgan fingerprint density at radius 1 is 0.857 bits per heavy atom. The van der Waals surface area contributed by atoms with E-state index in [0.717, 1.165) is 11.3 Å². The van der Waals surface area contributed by atoms with Crippen molar-refractivity contribution in [3.63, 3.8) is 0 Å². The maximum absolute atomic E-state index is 12.2. The van der Waals surface area contributed by atoms with Gasteiger partial charge < -0.3 is 16.0 Å². The van der Waals surface area contributed by atoms with E-state index in [1.165, 1.54) is 6.20 Å². The van der Waals surface area contributed by atoms with Gasteiger partial charge in [-0.2, -0.15) is 0 Å². The summed E-state index contributed by atoms with van der Waals surface area (Å²) in [6, 6.07) is 15.9. The quantitative estimate of drug-likeness (QED) is 0.630. The fourth-order valence-corrected chi connectivity index (χ4v) is 2.53. The molecule has 1 unspecified atom stereocenters. The van der Waals surface area contributed by atoms with Crippen molar-refractivity contribution in [1.29, 1.82) is 0 Å². The van der Waals surface area contributed by atoms with E-state index in [-0.39, 0.29) is 23.7 Å². The van der Waals surface area contributed by atoms with Crippen LogP contribution < -0.4 is 16.0 Å². The van der Waals surface area contributed by atoms with E-state index in [0.29, 0.717) is 11.4 Å². The zero-order valence-electron chi connectivity index (χ0n) is 15.6. The molecule has 3 rings (SSSR count). The zero-order chi connectivity index (χ0) is 19.9. The number of nitrogens with one attached hydrogen (secondary N) is 3. The van der Waals surface area contributed by atoms with Crippen molar-refractivity contribution in [3.05, 3.63) is 83.9 Å². The number of carbonyl (C=O) groups excluding carboxylic acids is 2. The average Bonchev–Trinajstić information content (AvgIpc) is 2.69. The number of aromatic nitrogens is 2. The van der Waals surface area contributed by atoms with Crippen molar-refractivity contribution < 1.29 is 9.59 Å². The number of amides is 3. The lowest BCUT2D eigenvalue weighted by Gasteiger charge is -2.15. The van der Waals surface area contributed by atoms with Crippen LogP contribution in [-0.2, 0) is 0 Å². The molecule has 2 aromatic carbocycles. The standard InChI is InChI=1S/C21H21N5O2/c1-14-12-23-19(13-22-14)20(27)24-15(2)16-8-10-18(11-9-16)26-21(28)25-17-6-4-3-5-7-17/h3-13,15H,1-2H3,(H,24,27)(H2,25,26,28). The molecule has 0 saturated heterocycles. The van der Waals surface area contributed by atoms with Gasteiger partial charge in [0, 0.05) is 17.6 Å². The Kier molecular flexibility index (Phi) is 5.96. The second-order valence-electron chi connectivity index (χ2n) is 6.31. The zero-order valence-corrected chi connectivity index (χ0v) is 15.6. The minimum Gasteiger partial charge on any atom is -0.344 e. The molecule has 142 valence electrons. The van der Waals surface area contributed by atoms with Gasteiger partial charge in [0.05, 0.1) is 17.9 Å². The minimum absolute atomic E-state index is 0.220. The van der Waals surface area contributed by atoms with Crippen LogP contribution in [0.15, 0.2) is 67.0 Å². The minimum atomic E-state index is -0.321. The molecule has 0 bridgehead atoms. The lowest BCUT2D eigenvalue weighted by molar-refractivity contribution is 0.0934. The normalized spacial score (nSPS) is 11.4. The van der Waals surface area contributed by atoms with Gasteiger partial charge in [0.25, 0.3) is 5.91 Å². The summed E-state index contributed by atoms with van der Waals surface area (Å²) in [6.07, 6.45) is 3.01. The summed E-state index contributed by atoms with van der Waals surface area (Å²) in [5, 5.41) is 8.41. The summed E-state index contributed by atoms with van der Waals surface area (Å²) in [5.41, 5.74) is 3.30. The SMILES string of the molecule is Cc1cnc(C(=O)NC(C)c2ccc(NC(=O)Nc3ccccc3)cc2)cn1. The van der Waals surface area contributed by atoms with Crippen molar-refractivity contribution in [2.75, 3.05) is 10.6 Å². The lowest BCUT2D eigenvalue weighted by atomic mass is 10.1. The van der Waals surface area contributed by atoms with E-state index >= 15 is 0 Å². The van der Waals surface area contributed by atoms with Gasteiger partial charge in [-0.3, -0.25) is 9.78 Å². The largest absolute Gasteiger partial charge is 0.344 e. The van der Waals surface area contributed by atoms with Gasteiger partial charge in [-0.15, -0.1) is 0 Å². The molecule has 0 radical (unpaired) electrons. The number of nitrogens with zero attached hydrogens (tertiary/aromatic N) is 2. The molecule has 1 heterocycles. The highest BCUT2D eigenvalue weighted by atomic mass is 16.2. The highest BCUT2D eigenvalue weighted by Crippen LogP contribution is 2.17. The molecule has 0 aliphatic heterocycles. The maximum Gasteiger partial charge on any atom is 0.323 e.